The Kier molecular flexibility index (Phi) is 10.8. The molecule has 1 rings (SSSR count). The highest BCUT2D eigenvalue weighted by Gasteiger charge is 2.11. The van der Waals surface area contributed by atoms with Crippen LogP contribution in [0.1, 0.15) is 12.5 Å². The van der Waals surface area contributed by atoms with Gasteiger partial charge >= 0.3 is 6.03 Å². The molecule has 0 radical (unpaired) electrons. The van der Waals surface area contributed by atoms with Crippen LogP contribution in [-0.4, -0.2) is 63.3 Å². The second kappa shape index (κ2) is 11.7. The normalized spacial score (nSPS) is 9.48. The molecule has 0 spiro atoms. The second-order valence-electron chi connectivity index (χ2n) is 5.09. The monoisotopic (exact) mass is 341 g/mol. The van der Waals surface area contributed by atoms with E-state index in [4.69, 9.17) is 11.6 Å². The molecule has 0 saturated heterocycles. The SMILES string of the molecule is C=NNc1cc(Cl)ccc1C.CCN(CCNC)C(=O)N(C)C. The average Bonchev–Trinajstić information content (AvgIpc) is 2.52. The van der Waals surface area contributed by atoms with E-state index in [1.165, 1.54) is 0 Å². The van der Waals surface area contributed by atoms with Crippen molar-refractivity contribution in [3.05, 3.63) is 28.8 Å². The fourth-order valence-electron chi connectivity index (χ4n) is 1.72. The largest absolute Gasteiger partial charge is 0.331 e. The lowest BCUT2D eigenvalue weighted by molar-refractivity contribution is 0.174. The fraction of sp³-hybridized carbons (Fsp3) is 0.500. The fourth-order valence-corrected chi connectivity index (χ4v) is 1.89. The molecule has 0 unspecified atom stereocenters. The van der Waals surface area contributed by atoms with Crippen molar-refractivity contribution in [3.8, 4) is 0 Å². The maximum Gasteiger partial charge on any atom is 0.319 e. The molecule has 7 heteroatoms. The van der Waals surface area contributed by atoms with Gasteiger partial charge in [0.2, 0.25) is 0 Å². The zero-order chi connectivity index (χ0) is 17.8. The highest BCUT2D eigenvalue weighted by Crippen LogP contribution is 2.19. The van der Waals surface area contributed by atoms with Crippen LogP contribution in [0.3, 0.4) is 0 Å². The quantitative estimate of drug-likeness (QED) is 0.618. The third-order valence-corrected chi connectivity index (χ3v) is 3.30. The zero-order valence-electron chi connectivity index (χ0n) is 14.7. The Labute approximate surface area is 144 Å². The van der Waals surface area contributed by atoms with E-state index in [2.05, 4.69) is 22.6 Å². The van der Waals surface area contributed by atoms with Gasteiger partial charge in [-0.05, 0) is 38.6 Å². The maximum atomic E-state index is 11.4. The van der Waals surface area contributed by atoms with Crippen LogP contribution < -0.4 is 10.7 Å². The summed E-state index contributed by atoms with van der Waals surface area (Å²) in [5.74, 6) is 0. The lowest BCUT2D eigenvalue weighted by atomic mass is 10.2. The Morgan fingerprint density at radius 2 is 2.04 bits per heavy atom. The van der Waals surface area contributed by atoms with Gasteiger partial charge in [0.05, 0.1) is 5.69 Å². The summed E-state index contributed by atoms with van der Waals surface area (Å²) < 4.78 is 0. The van der Waals surface area contributed by atoms with Crippen LogP contribution in [0.4, 0.5) is 10.5 Å². The van der Waals surface area contributed by atoms with E-state index in [9.17, 15) is 4.79 Å². The molecule has 0 aromatic heterocycles. The van der Waals surface area contributed by atoms with Crippen molar-refractivity contribution in [1.29, 1.82) is 0 Å². The molecule has 0 heterocycles. The van der Waals surface area contributed by atoms with E-state index in [-0.39, 0.29) is 6.03 Å². The van der Waals surface area contributed by atoms with Crippen molar-refractivity contribution in [2.45, 2.75) is 13.8 Å². The van der Waals surface area contributed by atoms with Gasteiger partial charge in [-0.15, -0.1) is 0 Å². The summed E-state index contributed by atoms with van der Waals surface area (Å²) in [6.45, 7) is 9.65. The Bertz CT molecular complexity index is 493. The number of hydrazone groups is 1. The summed E-state index contributed by atoms with van der Waals surface area (Å²) in [5, 5.41) is 7.26. The number of likely N-dealkylation sites (N-methyl/N-ethyl adjacent to an activating group) is 2. The molecular weight excluding hydrogens is 314 g/mol. The molecule has 0 atom stereocenters. The van der Waals surface area contributed by atoms with Gasteiger partial charge in [0.25, 0.3) is 0 Å². The predicted molar refractivity (Wildman–Crippen MR) is 99.6 cm³/mol. The number of rotatable bonds is 6. The number of aryl methyl sites for hydroxylation is 1. The molecule has 0 bridgehead atoms. The van der Waals surface area contributed by atoms with Crippen molar-refractivity contribution in [3.63, 3.8) is 0 Å². The molecule has 1 aromatic carbocycles. The summed E-state index contributed by atoms with van der Waals surface area (Å²) >= 11 is 5.75. The third kappa shape index (κ3) is 8.42. The van der Waals surface area contributed by atoms with Gasteiger partial charge in [-0.25, -0.2) is 4.79 Å². The summed E-state index contributed by atoms with van der Waals surface area (Å²) in [6, 6.07) is 5.65. The van der Waals surface area contributed by atoms with Gasteiger partial charge < -0.3 is 15.1 Å². The number of anilines is 1. The van der Waals surface area contributed by atoms with Crippen molar-refractivity contribution in [2.24, 2.45) is 5.10 Å². The van der Waals surface area contributed by atoms with Gasteiger partial charge in [0.15, 0.2) is 0 Å². The second-order valence-corrected chi connectivity index (χ2v) is 5.53. The number of urea groups is 1. The first kappa shape index (κ1) is 21.2. The molecule has 0 aliphatic heterocycles. The molecule has 6 nitrogen and oxygen atoms in total. The van der Waals surface area contributed by atoms with Crippen molar-refractivity contribution < 1.29 is 4.79 Å². The van der Waals surface area contributed by atoms with Gasteiger partial charge in [0, 0.05) is 45.5 Å². The van der Waals surface area contributed by atoms with Crippen LogP contribution in [0, 0.1) is 6.92 Å². The Morgan fingerprint density at radius 1 is 1.39 bits per heavy atom. The molecule has 0 saturated carbocycles. The number of amides is 2. The number of carbonyl (C=O) groups is 1. The van der Waals surface area contributed by atoms with Crippen LogP contribution in [0.15, 0.2) is 23.3 Å². The standard InChI is InChI=1S/C8H9ClN2.C8H19N3O/c1-6-3-4-7(9)5-8(6)11-10-2;1-5-11(7-6-9-2)8(12)10(3)4/h3-5,11H,2H2,1H3;9H,5-7H2,1-4H3. The van der Waals surface area contributed by atoms with Gasteiger partial charge in [-0.1, -0.05) is 17.7 Å². The minimum Gasteiger partial charge on any atom is -0.331 e. The Hall–Kier alpha value is -1.79. The number of hydrogen-bond acceptors (Lipinski definition) is 4. The van der Waals surface area contributed by atoms with Crippen molar-refractivity contribution in [2.75, 3.05) is 46.2 Å². The molecule has 1 aromatic rings. The summed E-state index contributed by atoms with van der Waals surface area (Å²) in [4.78, 5) is 14.8. The summed E-state index contributed by atoms with van der Waals surface area (Å²) in [5.41, 5.74) is 4.74. The Balaban J connectivity index is 0.000000422. The molecule has 0 aliphatic carbocycles. The summed E-state index contributed by atoms with van der Waals surface area (Å²) in [7, 11) is 5.42. The van der Waals surface area contributed by atoms with Gasteiger partial charge in [-0.3, -0.25) is 5.43 Å². The Morgan fingerprint density at radius 3 is 2.52 bits per heavy atom. The number of nitrogens with zero attached hydrogens (tertiary/aromatic N) is 3. The van der Waals surface area contributed by atoms with E-state index in [1.54, 1.807) is 23.9 Å². The minimum absolute atomic E-state index is 0.0766. The predicted octanol–water partition coefficient (Wildman–Crippen LogP) is 2.89. The van der Waals surface area contributed by atoms with Crippen LogP contribution >= 0.6 is 11.6 Å². The van der Waals surface area contributed by atoms with Crippen molar-refractivity contribution in [1.82, 2.24) is 15.1 Å². The molecule has 2 amide bonds. The zero-order valence-corrected chi connectivity index (χ0v) is 15.4. The van der Waals surface area contributed by atoms with Gasteiger partial charge in [0.1, 0.15) is 0 Å². The van der Waals surface area contributed by atoms with Crippen molar-refractivity contribution >= 4 is 30.0 Å². The van der Waals surface area contributed by atoms with Gasteiger partial charge in [-0.2, -0.15) is 5.10 Å². The maximum absolute atomic E-state index is 11.4. The highest BCUT2D eigenvalue weighted by atomic mass is 35.5. The molecule has 2 N–H and O–H groups in total. The van der Waals surface area contributed by atoms with E-state index >= 15 is 0 Å². The number of hydrogen-bond donors (Lipinski definition) is 2. The molecule has 0 fully saturated rings. The van der Waals surface area contributed by atoms with E-state index in [1.807, 2.05) is 39.1 Å². The highest BCUT2D eigenvalue weighted by molar-refractivity contribution is 6.30. The smallest absolute Gasteiger partial charge is 0.319 e. The number of nitrogens with one attached hydrogen (secondary N) is 2. The number of benzene rings is 1. The molecule has 130 valence electrons. The van der Waals surface area contributed by atoms with E-state index in [0.717, 1.165) is 30.9 Å². The van der Waals surface area contributed by atoms with Crippen LogP contribution in [0.25, 0.3) is 0 Å². The van der Waals surface area contributed by atoms with Crippen LogP contribution in [-0.2, 0) is 0 Å². The van der Waals surface area contributed by atoms with E-state index in [0.29, 0.717) is 5.02 Å². The average molecular weight is 342 g/mol. The molecular formula is C16H28ClN5O. The van der Waals surface area contributed by atoms with E-state index < -0.39 is 0 Å². The summed E-state index contributed by atoms with van der Waals surface area (Å²) in [6.07, 6.45) is 0. The first-order valence-corrected chi connectivity index (χ1v) is 7.83. The minimum atomic E-state index is 0.0766. The first-order valence-electron chi connectivity index (χ1n) is 7.46. The lowest BCUT2D eigenvalue weighted by Gasteiger charge is -2.24. The number of carbonyl (C=O) groups excluding carboxylic acids is 1. The third-order valence-electron chi connectivity index (χ3n) is 3.07. The lowest BCUT2D eigenvalue weighted by Crippen LogP contribution is -2.42. The first-order chi connectivity index (χ1) is 10.9. The van der Waals surface area contributed by atoms with Crippen LogP contribution in [0.2, 0.25) is 5.02 Å². The molecule has 23 heavy (non-hydrogen) atoms. The van der Waals surface area contributed by atoms with Crippen LogP contribution in [0.5, 0.6) is 0 Å². The molecule has 0 aliphatic rings. The topological polar surface area (TPSA) is 60.0 Å². The number of halogens is 1.